The Morgan fingerprint density at radius 3 is 2.24 bits per heavy atom. The summed E-state index contributed by atoms with van der Waals surface area (Å²) in [6.07, 6.45) is -4.81. The second-order valence-corrected chi connectivity index (χ2v) is 7.70. The lowest BCUT2D eigenvalue weighted by atomic mass is 10.0. The van der Waals surface area contributed by atoms with Crippen LogP contribution in [-0.2, 0) is 12.7 Å². The van der Waals surface area contributed by atoms with E-state index in [0.29, 0.717) is 31.0 Å². The Labute approximate surface area is 166 Å². The van der Waals surface area contributed by atoms with Gasteiger partial charge in [-0.3, -0.25) is 4.90 Å². The van der Waals surface area contributed by atoms with Gasteiger partial charge in [-0.25, -0.2) is 9.18 Å². The summed E-state index contributed by atoms with van der Waals surface area (Å²) in [4.78, 5) is 16.4. The number of rotatable bonds is 3. The monoisotopic (exact) mass is 407 g/mol. The van der Waals surface area contributed by atoms with E-state index in [2.05, 4.69) is 22.3 Å². The average molecular weight is 407 g/mol. The first-order valence-corrected chi connectivity index (χ1v) is 9.49. The number of hydrogen-bond acceptors (Lipinski definition) is 2. The number of benzene rings is 2. The summed E-state index contributed by atoms with van der Waals surface area (Å²) in [6, 6.07) is 12.5. The molecule has 4 rings (SSSR count). The molecule has 154 valence electrons. The fraction of sp³-hybridized carbons (Fsp3) is 0.381. The van der Waals surface area contributed by atoms with E-state index >= 15 is 0 Å². The maximum atomic E-state index is 14.1. The van der Waals surface area contributed by atoms with Crippen molar-refractivity contribution in [2.75, 3.05) is 31.5 Å². The fourth-order valence-electron chi connectivity index (χ4n) is 4.27. The molecule has 4 nitrogen and oxygen atoms in total. The maximum absolute atomic E-state index is 14.1. The van der Waals surface area contributed by atoms with Gasteiger partial charge >= 0.3 is 12.2 Å². The number of fused-ring (bicyclic) bond motifs is 1. The highest BCUT2D eigenvalue weighted by atomic mass is 19.4. The lowest BCUT2D eigenvalue weighted by Crippen LogP contribution is -2.36. The topological polar surface area (TPSA) is 35.6 Å². The molecular weight excluding hydrogens is 386 g/mol. The molecule has 2 fully saturated rings. The highest BCUT2D eigenvalue weighted by Gasteiger charge is 2.42. The molecule has 0 bridgehead atoms. The third-order valence-electron chi connectivity index (χ3n) is 5.64. The normalized spacial score (nSPS) is 22.0. The standard InChI is InChI=1S/C21H21F4N3O/c22-19-17(21(23,24)25)7-4-8-18(19)26-20(29)28-12-15-10-27(11-16(15)13-28)9-14-5-2-1-3-6-14/h1-8,15-16H,9-13H2,(H,26,29)/t15-,16+. The van der Waals surface area contributed by atoms with Crippen molar-refractivity contribution in [3.63, 3.8) is 0 Å². The van der Waals surface area contributed by atoms with Crippen LogP contribution in [0.1, 0.15) is 11.1 Å². The molecule has 2 heterocycles. The summed E-state index contributed by atoms with van der Waals surface area (Å²) in [7, 11) is 0. The molecule has 0 aromatic heterocycles. The summed E-state index contributed by atoms with van der Waals surface area (Å²) in [5.41, 5.74) is -0.597. The number of hydrogen-bond donors (Lipinski definition) is 1. The van der Waals surface area contributed by atoms with Gasteiger partial charge in [0.15, 0.2) is 5.82 Å². The van der Waals surface area contributed by atoms with Crippen molar-refractivity contribution in [3.8, 4) is 0 Å². The van der Waals surface area contributed by atoms with Gasteiger partial charge in [-0.05, 0) is 29.5 Å². The molecule has 2 aliphatic heterocycles. The van der Waals surface area contributed by atoms with E-state index in [1.807, 2.05) is 18.2 Å². The number of carbonyl (C=O) groups is 1. The lowest BCUT2D eigenvalue weighted by molar-refractivity contribution is -0.139. The van der Waals surface area contributed by atoms with Crippen LogP contribution in [0.3, 0.4) is 0 Å². The van der Waals surface area contributed by atoms with Gasteiger partial charge in [0.05, 0.1) is 11.3 Å². The number of nitrogens with one attached hydrogen (secondary N) is 1. The average Bonchev–Trinajstić information content (AvgIpc) is 3.22. The Kier molecular flexibility index (Phi) is 5.21. The number of amides is 2. The first kappa shape index (κ1) is 19.7. The molecule has 29 heavy (non-hydrogen) atoms. The quantitative estimate of drug-likeness (QED) is 0.764. The van der Waals surface area contributed by atoms with Gasteiger partial charge in [0.2, 0.25) is 0 Å². The third-order valence-corrected chi connectivity index (χ3v) is 5.64. The second kappa shape index (κ2) is 7.67. The third kappa shape index (κ3) is 4.22. The first-order chi connectivity index (χ1) is 13.8. The van der Waals surface area contributed by atoms with Crippen LogP contribution >= 0.6 is 0 Å². The number of likely N-dealkylation sites (tertiary alicyclic amines) is 2. The molecule has 1 N–H and O–H groups in total. The van der Waals surface area contributed by atoms with Crippen molar-refractivity contribution < 1.29 is 22.4 Å². The smallest absolute Gasteiger partial charge is 0.324 e. The van der Waals surface area contributed by atoms with Gasteiger partial charge in [0, 0.05) is 32.7 Å². The van der Waals surface area contributed by atoms with Crippen LogP contribution in [0, 0.1) is 17.7 Å². The van der Waals surface area contributed by atoms with Gasteiger partial charge in [-0.1, -0.05) is 36.4 Å². The van der Waals surface area contributed by atoms with E-state index in [1.54, 1.807) is 4.90 Å². The molecule has 0 saturated carbocycles. The Morgan fingerprint density at radius 1 is 0.966 bits per heavy atom. The van der Waals surface area contributed by atoms with Gasteiger partial charge in [0.25, 0.3) is 0 Å². The highest BCUT2D eigenvalue weighted by molar-refractivity contribution is 5.89. The predicted octanol–water partition coefficient (Wildman–Crippen LogP) is 4.44. The van der Waals surface area contributed by atoms with Crippen LogP contribution in [0.5, 0.6) is 0 Å². The van der Waals surface area contributed by atoms with Crippen LogP contribution in [-0.4, -0.2) is 42.0 Å². The van der Waals surface area contributed by atoms with E-state index in [0.717, 1.165) is 31.8 Å². The molecule has 0 radical (unpaired) electrons. The highest BCUT2D eigenvalue weighted by Crippen LogP contribution is 2.35. The predicted molar refractivity (Wildman–Crippen MR) is 101 cm³/mol. The van der Waals surface area contributed by atoms with Crippen molar-refractivity contribution >= 4 is 11.7 Å². The van der Waals surface area contributed by atoms with Gasteiger partial charge in [-0.15, -0.1) is 0 Å². The Balaban J connectivity index is 1.35. The van der Waals surface area contributed by atoms with Crippen LogP contribution in [0.25, 0.3) is 0 Å². The number of alkyl halides is 3. The van der Waals surface area contributed by atoms with Gasteiger partial charge in [0.1, 0.15) is 0 Å². The molecule has 2 aromatic rings. The molecule has 0 spiro atoms. The van der Waals surface area contributed by atoms with E-state index in [-0.39, 0.29) is 0 Å². The van der Waals surface area contributed by atoms with Crippen LogP contribution in [0.15, 0.2) is 48.5 Å². The van der Waals surface area contributed by atoms with Gasteiger partial charge < -0.3 is 10.2 Å². The molecule has 2 aromatic carbocycles. The molecule has 2 aliphatic rings. The van der Waals surface area contributed by atoms with E-state index in [9.17, 15) is 22.4 Å². The lowest BCUT2D eigenvalue weighted by Gasteiger charge is -2.22. The zero-order valence-corrected chi connectivity index (χ0v) is 15.6. The van der Waals surface area contributed by atoms with Crippen LogP contribution < -0.4 is 5.32 Å². The molecule has 2 saturated heterocycles. The fourth-order valence-corrected chi connectivity index (χ4v) is 4.27. The molecule has 0 aliphatic carbocycles. The minimum Gasteiger partial charge on any atom is -0.324 e. The number of halogens is 4. The Hall–Kier alpha value is -2.61. The minimum absolute atomic E-state index is 0.316. The van der Waals surface area contributed by atoms with E-state index in [4.69, 9.17) is 0 Å². The zero-order valence-electron chi connectivity index (χ0n) is 15.6. The maximum Gasteiger partial charge on any atom is 0.419 e. The van der Waals surface area contributed by atoms with E-state index < -0.39 is 29.3 Å². The van der Waals surface area contributed by atoms with Crippen LogP contribution in [0.4, 0.5) is 28.0 Å². The van der Waals surface area contributed by atoms with Crippen molar-refractivity contribution in [2.45, 2.75) is 12.7 Å². The summed E-state index contributed by atoms with van der Waals surface area (Å²) < 4.78 is 52.7. The SMILES string of the molecule is O=C(Nc1cccc(C(F)(F)F)c1F)N1C[C@H]2CN(Cc3ccccc3)C[C@H]2C1. The molecular formula is C21H21F4N3O. The minimum atomic E-state index is -4.81. The Morgan fingerprint density at radius 2 is 1.62 bits per heavy atom. The van der Waals surface area contributed by atoms with Crippen molar-refractivity contribution in [2.24, 2.45) is 11.8 Å². The van der Waals surface area contributed by atoms with E-state index in [1.165, 1.54) is 5.56 Å². The molecule has 0 unspecified atom stereocenters. The number of urea groups is 1. The summed E-state index contributed by atoms with van der Waals surface area (Å²) in [5, 5.41) is 2.30. The second-order valence-electron chi connectivity index (χ2n) is 7.70. The zero-order chi connectivity index (χ0) is 20.6. The van der Waals surface area contributed by atoms with Crippen molar-refractivity contribution in [1.82, 2.24) is 9.80 Å². The largest absolute Gasteiger partial charge is 0.419 e. The number of carbonyl (C=O) groups excluding carboxylic acids is 1. The molecule has 8 heteroatoms. The summed E-state index contributed by atoms with van der Waals surface area (Å²) in [5.74, 6) is -0.826. The number of nitrogens with zero attached hydrogens (tertiary/aromatic N) is 2. The first-order valence-electron chi connectivity index (χ1n) is 9.49. The van der Waals surface area contributed by atoms with Crippen molar-refractivity contribution in [1.29, 1.82) is 0 Å². The Bertz CT molecular complexity index is 873. The number of anilines is 1. The van der Waals surface area contributed by atoms with Gasteiger partial charge in [-0.2, -0.15) is 13.2 Å². The van der Waals surface area contributed by atoms with Crippen LogP contribution in [0.2, 0.25) is 0 Å². The summed E-state index contributed by atoms with van der Waals surface area (Å²) in [6.45, 7) is 3.61. The molecule has 2 atom stereocenters. The molecule has 2 amide bonds. The van der Waals surface area contributed by atoms with Crippen molar-refractivity contribution in [3.05, 3.63) is 65.5 Å². The summed E-state index contributed by atoms with van der Waals surface area (Å²) >= 11 is 0.